The van der Waals surface area contributed by atoms with Gasteiger partial charge in [-0.2, -0.15) is 0 Å². The fraction of sp³-hybridized carbons (Fsp3) is 0.310. The summed E-state index contributed by atoms with van der Waals surface area (Å²) in [6.07, 6.45) is 3.78. The molecular weight excluding hydrogens is 669 g/mol. The van der Waals surface area contributed by atoms with Crippen molar-refractivity contribution >= 4 is 75.3 Å². The summed E-state index contributed by atoms with van der Waals surface area (Å²) >= 11 is 3.52. The lowest BCUT2D eigenvalue weighted by Gasteiger charge is -2.49. The number of aromatic nitrogens is 3. The van der Waals surface area contributed by atoms with Crippen molar-refractivity contribution in [1.29, 1.82) is 0 Å². The van der Waals surface area contributed by atoms with Gasteiger partial charge < -0.3 is 31.8 Å². The normalized spacial score (nSPS) is 18.0. The molecule has 15 nitrogen and oxygen atoms in total. The Bertz CT molecular complexity index is 1810. The number of β-lactam (4-membered cyclic amide) rings is 1. The van der Waals surface area contributed by atoms with E-state index in [0.29, 0.717) is 23.0 Å². The van der Waals surface area contributed by atoms with Crippen LogP contribution in [0, 0.1) is 0 Å². The van der Waals surface area contributed by atoms with E-state index in [9.17, 15) is 29.4 Å². The summed E-state index contributed by atoms with van der Waals surface area (Å²) in [5.41, 5.74) is 12.2. The molecule has 0 spiro atoms. The third-order valence-corrected chi connectivity index (χ3v) is 10.5. The first-order chi connectivity index (χ1) is 22.3. The molecule has 3 aromatic rings. The Morgan fingerprint density at radius 2 is 1.96 bits per heavy atom. The Labute approximate surface area is 281 Å². The van der Waals surface area contributed by atoms with Crippen LogP contribution in [-0.2, 0) is 37.5 Å². The first kappa shape index (κ1) is 33.7. The highest BCUT2D eigenvalue weighted by Crippen LogP contribution is 2.41. The fourth-order valence-electron chi connectivity index (χ4n) is 4.64. The number of nitrogen functional groups attached to an aromatic ring is 2. The number of aliphatic carboxylic acids is 2. The van der Waals surface area contributed by atoms with E-state index in [1.165, 1.54) is 43.6 Å². The second kappa shape index (κ2) is 13.6. The number of rotatable bonds is 12. The minimum atomic E-state index is -1.76. The highest BCUT2D eigenvalue weighted by atomic mass is 32.2. The maximum atomic E-state index is 13.3. The number of amides is 2. The molecule has 1 saturated heterocycles. The number of carboxylic acids is 2. The number of nitrogens with two attached hydrogens (primary N) is 2. The van der Waals surface area contributed by atoms with Crippen molar-refractivity contribution < 1.29 is 38.8 Å². The average Bonchev–Trinajstić information content (AvgIpc) is 3.46. The monoisotopic (exact) mass is 699 g/mol. The van der Waals surface area contributed by atoms with E-state index in [0.717, 1.165) is 27.4 Å². The zero-order chi connectivity index (χ0) is 34.0. The predicted octanol–water partition coefficient (Wildman–Crippen LogP) is 1.23. The molecule has 47 heavy (non-hydrogen) atoms. The summed E-state index contributed by atoms with van der Waals surface area (Å²) in [7, 11) is 1.83. The molecule has 1 fully saturated rings. The van der Waals surface area contributed by atoms with Crippen LogP contribution in [-0.4, -0.2) is 83.1 Å². The molecular formula is C29H31N8O7S3+. The van der Waals surface area contributed by atoms with Crippen LogP contribution in [0.15, 0.2) is 64.3 Å². The lowest BCUT2D eigenvalue weighted by atomic mass is 10.0. The van der Waals surface area contributed by atoms with Crippen LogP contribution in [0.3, 0.4) is 0 Å². The Morgan fingerprint density at radius 1 is 1.23 bits per heavy atom. The highest BCUT2D eigenvalue weighted by Gasteiger charge is 2.54. The average molecular weight is 700 g/mol. The minimum absolute atomic E-state index is 0.128. The van der Waals surface area contributed by atoms with E-state index < -0.39 is 40.8 Å². The molecule has 0 aliphatic carbocycles. The lowest BCUT2D eigenvalue weighted by molar-refractivity contribution is -0.713. The van der Waals surface area contributed by atoms with Crippen molar-refractivity contribution in [3.05, 3.63) is 70.0 Å². The predicted molar refractivity (Wildman–Crippen MR) is 175 cm³/mol. The number of nitrogens with one attached hydrogen (secondary N) is 1. The molecule has 0 saturated carbocycles. The van der Waals surface area contributed by atoms with Crippen molar-refractivity contribution in [1.82, 2.24) is 20.2 Å². The van der Waals surface area contributed by atoms with Crippen molar-refractivity contribution in [2.45, 2.75) is 42.4 Å². The zero-order valence-corrected chi connectivity index (χ0v) is 27.8. The van der Waals surface area contributed by atoms with Gasteiger partial charge >= 0.3 is 17.1 Å². The first-order valence-corrected chi connectivity index (χ1v) is 16.9. The number of carbonyl (C=O) groups excluding carboxylic acids is 2. The molecule has 4 heterocycles. The number of carboxylic acid groups (broad SMARTS) is 2. The smallest absolute Gasteiger partial charge is 0.361 e. The van der Waals surface area contributed by atoms with Gasteiger partial charge in [0.2, 0.25) is 11.4 Å². The summed E-state index contributed by atoms with van der Waals surface area (Å²) in [6.45, 7) is 2.51. The second-order valence-corrected chi connectivity index (χ2v) is 14.1. The second-order valence-electron chi connectivity index (χ2n) is 11.0. The van der Waals surface area contributed by atoms with E-state index in [-0.39, 0.29) is 32.9 Å². The Hall–Kier alpha value is -4.68. The molecule has 2 atom stereocenters. The molecule has 2 aliphatic rings. The van der Waals surface area contributed by atoms with Gasteiger partial charge in [0.1, 0.15) is 23.3 Å². The number of nitrogens with zero attached hydrogens (tertiary/aromatic N) is 5. The number of thiazole rings is 1. The minimum Gasteiger partial charge on any atom is -0.478 e. The van der Waals surface area contributed by atoms with Crippen LogP contribution in [0.1, 0.15) is 29.9 Å². The number of anilines is 2. The van der Waals surface area contributed by atoms with Crippen LogP contribution in [0.4, 0.5) is 10.9 Å². The van der Waals surface area contributed by atoms with Gasteiger partial charge in [-0.1, -0.05) is 46.8 Å². The van der Waals surface area contributed by atoms with E-state index >= 15 is 0 Å². The quantitative estimate of drug-likeness (QED) is 0.0448. The third kappa shape index (κ3) is 7.18. The van der Waals surface area contributed by atoms with Gasteiger partial charge in [-0.05, 0) is 41.7 Å². The Balaban J connectivity index is 1.30. The summed E-state index contributed by atoms with van der Waals surface area (Å²) in [5, 5.41) is 25.9. The Kier molecular flexibility index (Phi) is 9.73. The summed E-state index contributed by atoms with van der Waals surface area (Å²) in [5.74, 6) is -3.17. The van der Waals surface area contributed by atoms with Gasteiger partial charge in [0, 0.05) is 24.1 Å². The van der Waals surface area contributed by atoms with Crippen molar-refractivity contribution in [3.8, 4) is 0 Å². The molecule has 2 aromatic heterocycles. The van der Waals surface area contributed by atoms with Crippen LogP contribution in [0.5, 0.6) is 0 Å². The first-order valence-electron chi connectivity index (χ1n) is 14.0. The van der Waals surface area contributed by atoms with E-state index in [1.54, 1.807) is 0 Å². The molecule has 0 bridgehead atoms. The fourth-order valence-corrected chi connectivity index (χ4v) is 7.74. The molecule has 0 radical (unpaired) electrons. The molecule has 2 unspecified atom stereocenters. The number of oxime groups is 1. The van der Waals surface area contributed by atoms with Gasteiger partial charge in [-0.15, -0.1) is 11.8 Å². The Morgan fingerprint density at radius 3 is 2.60 bits per heavy atom. The molecule has 5 rings (SSSR count). The number of hydrogen-bond acceptors (Lipinski definition) is 13. The van der Waals surface area contributed by atoms with E-state index in [4.69, 9.17) is 16.3 Å². The number of hydrogen-bond donors (Lipinski definition) is 5. The standard InChI is InChI=1S/C29H30N8O7S3/c1-29(2,26(42)43)44-35-18(17-10-32-27(31)47-17)22(38)33-19-23(39)37-20(25(40)41)16(12-45-24(19)37)13-46-28-34-21(30)15(11-36(28)3)9-14-7-5-4-6-8-14/h4-8,10-11,19,24,30H,9,12-13H2,1-3H3,(H5,31,32,33,35,38,40,41,42,43)/p+1. The van der Waals surface area contributed by atoms with Gasteiger partial charge in [-0.25, -0.2) is 19.1 Å². The van der Waals surface area contributed by atoms with Gasteiger partial charge in [0.05, 0.1) is 17.5 Å². The van der Waals surface area contributed by atoms with Gasteiger partial charge in [0.25, 0.3) is 11.8 Å². The van der Waals surface area contributed by atoms with Crippen LogP contribution in [0.2, 0.25) is 0 Å². The molecule has 2 aliphatic heterocycles. The number of thioether (sulfide) groups is 2. The maximum Gasteiger partial charge on any atom is 0.361 e. The van der Waals surface area contributed by atoms with Gasteiger partial charge in [0.15, 0.2) is 10.8 Å². The van der Waals surface area contributed by atoms with Gasteiger partial charge in [-0.3, -0.25) is 14.5 Å². The molecule has 7 N–H and O–H groups in total. The van der Waals surface area contributed by atoms with Crippen LogP contribution in [0.25, 0.3) is 0 Å². The summed E-state index contributed by atoms with van der Waals surface area (Å²) < 4.78 is 1.83. The number of benzene rings is 1. The molecule has 246 valence electrons. The molecule has 1 aromatic carbocycles. The number of fused-ring (bicyclic) bond motifs is 1. The summed E-state index contributed by atoms with van der Waals surface area (Å²) in [6, 6.07) is 8.78. The number of carbonyl (C=O) groups is 4. The number of aryl methyl sites for hydroxylation is 1. The van der Waals surface area contributed by atoms with Crippen LogP contribution >= 0.6 is 34.9 Å². The largest absolute Gasteiger partial charge is 0.478 e. The molecule has 18 heteroatoms. The van der Waals surface area contributed by atoms with Crippen molar-refractivity contribution in [3.63, 3.8) is 0 Å². The molecule has 2 amide bonds. The zero-order valence-electron chi connectivity index (χ0n) is 25.4. The third-order valence-electron chi connectivity index (χ3n) is 7.20. The highest BCUT2D eigenvalue weighted by molar-refractivity contribution is 8.01. The van der Waals surface area contributed by atoms with Crippen molar-refractivity contribution in [2.75, 3.05) is 23.0 Å². The van der Waals surface area contributed by atoms with E-state index in [1.807, 2.05) is 48.1 Å². The van der Waals surface area contributed by atoms with Crippen LogP contribution < -0.4 is 21.4 Å². The maximum absolute atomic E-state index is 13.3. The van der Waals surface area contributed by atoms with Crippen molar-refractivity contribution in [2.24, 2.45) is 12.2 Å². The van der Waals surface area contributed by atoms with E-state index in [2.05, 4.69) is 20.4 Å². The summed E-state index contributed by atoms with van der Waals surface area (Å²) in [4.78, 5) is 65.5. The lowest BCUT2D eigenvalue weighted by Crippen LogP contribution is -2.71. The SMILES string of the molecule is C[n+]1cc(Cc2ccccc2)c(N)nc1SCC1=C(C(=O)O)N2C(=O)C(NC(=O)/C(=N\OC(C)(C)C(=O)O)c3cnc(N)s3)C2SC1. The topological polar surface area (TPSA) is 227 Å².